The quantitative estimate of drug-likeness (QED) is 0.858. The van der Waals surface area contributed by atoms with Crippen LogP contribution in [0.1, 0.15) is 19.8 Å². The normalized spacial score (nSPS) is 21.4. The molecular weight excluding hydrogens is 288 g/mol. The molecule has 1 aliphatic heterocycles. The largest absolute Gasteiger partial charge is 0.480 e. The number of aliphatic carboxylic acids is 1. The standard InChI is InChI=1S/C14H16N4O4/c1-14(12(20)21)6-4-8-17(14)11(19)9-18-13(22)16-7-3-2-5-10(16)15-18/h2-3,5,7H,4,6,8-9H2,1H3,(H,20,21). The molecule has 8 heteroatoms. The Balaban J connectivity index is 1.89. The van der Waals surface area contributed by atoms with E-state index < -0.39 is 23.1 Å². The molecule has 1 aliphatic rings. The van der Waals surface area contributed by atoms with Gasteiger partial charge in [-0.1, -0.05) is 6.07 Å². The lowest BCUT2D eigenvalue weighted by molar-refractivity contribution is -0.155. The summed E-state index contributed by atoms with van der Waals surface area (Å²) in [6, 6.07) is 5.11. The van der Waals surface area contributed by atoms with Crippen LogP contribution in [0.15, 0.2) is 29.2 Å². The van der Waals surface area contributed by atoms with Crippen molar-refractivity contribution >= 4 is 17.5 Å². The van der Waals surface area contributed by atoms with Crippen LogP contribution >= 0.6 is 0 Å². The van der Waals surface area contributed by atoms with Crippen molar-refractivity contribution in [2.75, 3.05) is 6.54 Å². The summed E-state index contributed by atoms with van der Waals surface area (Å²) in [5.41, 5.74) is -1.18. The molecular formula is C14H16N4O4. The summed E-state index contributed by atoms with van der Waals surface area (Å²) >= 11 is 0. The van der Waals surface area contributed by atoms with Crippen molar-refractivity contribution in [1.82, 2.24) is 19.1 Å². The van der Waals surface area contributed by atoms with Crippen LogP contribution in [0.25, 0.3) is 5.65 Å². The molecule has 1 amide bonds. The number of fused-ring (bicyclic) bond motifs is 1. The second-order valence-electron chi connectivity index (χ2n) is 5.60. The summed E-state index contributed by atoms with van der Waals surface area (Å²) in [6.45, 7) is 1.65. The number of amides is 1. The Bertz CT molecular complexity index is 809. The molecule has 2 aromatic heterocycles. The lowest BCUT2D eigenvalue weighted by Gasteiger charge is -2.31. The molecule has 1 unspecified atom stereocenters. The molecule has 3 heterocycles. The third-order valence-electron chi connectivity index (χ3n) is 4.18. The fourth-order valence-electron chi connectivity index (χ4n) is 2.87. The maximum absolute atomic E-state index is 12.4. The van der Waals surface area contributed by atoms with Gasteiger partial charge < -0.3 is 10.0 Å². The molecule has 0 saturated carbocycles. The van der Waals surface area contributed by atoms with E-state index in [0.29, 0.717) is 25.0 Å². The summed E-state index contributed by atoms with van der Waals surface area (Å²) in [4.78, 5) is 37.3. The predicted octanol–water partition coefficient (Wildman–Crippen LogP) is -0.0383. The first-order chi connectivity index (χ1) is 10.4. The maximum Gasteiger partial charge on any atom is 0.350 e. The van der Waals surface area contributed by atoms with E-state index in [9.17, 15) is 19.5 Å². The van der Waals surface area contributed by atoms with Gasteiger partial charge in [0.1, 0.15) is 12.1 Å². The Kier molecular flexibility index (Phi) is 3.23. The molecule has 1 saturated heterocycles. The third kappa shape index (κ3) is 2.07. The molecule has 1 N–H and O–H groups in total. The highest BCUT2D eigenvalue weighted by molar-refractivity contribution is 5.87. The van der Waals surface area contributed by atoms with Crippen molar-refractivity contribution in [3.8, 4) is 0 Å². The minimum atomic E-state index is -1.21. The maximum atomic E-state index is 12.4. The average Bonchev–Trinajstić information content (AvgIpc) is 3.02. The monoisotopic (exact) mass is 304 g/mol. The number of aromatic nitrogens is 3. The number of carboxylic acid groups (broad SMARTS) is 1. The number of likely N-dealkylation sites (tertiary alicyclic amines) is 1. The summed E-state index contributed by atoms with van der Waals surface area (Å²) in [7, 11) is 0. The first-order valence-electron chi connectivity index (χ1n) is 7.01. The van der Waals surface area contributed by atoms with Crippen molar-refractivity contribution < 1.29 is 14.7 Å². The summed E-state index contributed by atoms with van der Waals surface area (Å²) in [5, 5.41) is 13.4. The fraction of sp³-hybridized carbons (Fsp3) is 0.429. The molecule has 0 radical (unpaired) electrons. The first kappa shape index (κ1) is 14.3. The molecule has 0 spiro atoms. The van der Waals surface area contributed by atoms with Gasteiger partial charge in [-0.25, -0.2) is 14.3 Å². The van der Waals surface area contributed by atoms with E-state index in [-0.39, 0.29) is 6.54 Å². The second kappa shape index (κ2) is 4.97. The number of nitrogens with zero attached hydrogens (tertiary/aromatic N) is 4. The summed E-state index contributed by atoms with van der Waals surface area (Å²) < 4.78 is 2.41. The molecule has 3 rings (SSSR count). The highest BCUT2D eigenvalue weighted by Gasteiger charge is 2.45. The highest BCUT2D eigenvalue weighted by Crippen LogP contribution is 2.29. The summed E-state index contributed by atoms with van der Waals surface area (Å²) in [5.74, 6) is -1.44. The SMILES string of the molecule is CC1(C(=O)O)CCCN1C(=O)Cn1nc2ccccn2c1=O. The van der Waals surface area contributed by atoms with Crippen LogP contribution in [0.5, 0.6) is 0 Å². The minimum Gasteiger partial charge on any atom is -0.480 e. The predicted molar refractivity (Wildman–Crippen MR) is 76.4 cm³/mol. The van der Waals surface area contributed by atoms with Gasteiger partial charge in [-0.3, -0.25) is 9.20 Å². The molecule has 22 heavy (non-hydrogen) atoms. The van der Waals surface area contributed by atoms with Gasteiger partial charge in [-0.2, -0.15) is 0 Å². The van der Waals surface area contributed by atoms with Crippen molar-refractivity contribution in [2.45, 2.75) is 31.8 Å². The van der Waals surface area contributed by atoms with Crippen molar-refractivity contribution in [2.24, 2.45) is 0 Å². The van der Waals surface area contributed by atoms with Gasteiger partial charge in [0.2, 0.25) is 5.91 Å². The Morgan fingerprint density at radius 3 is 2.86 bits per heavy atom. The Morgan fingerprint density at radius 1 is 1.41 bits per heavy atom. The molecule has 8 nitrogen and oxygen atoms in total. The van der Waals surface area contributed by atoms with Crippen LogP contribution in [0.2, 0.25) is 0 Å². The number of pyridine rings is 1. The fourth-order valence-corrected chi connectivity index (χ4v) is 2.87. The molecule has 1 atom stereocenters. The Morgan fingerprint density at radius 2 is 2.18 bits per heavy atom. The zero-order valence-corrected chi connectivity index (χ0v) is 12.1. The van der Waals surface area contributed by atoms with E-state index in [2.05, 4.69) is 5.10 Å². The van der Waals surface area contributed by atoms with E-state index in [1.165, 1.54) is 16.2 Å². The topological polar surface area (TPSA) is 96.9 Å². The van der Waals surface area contributed by atoms with Gasteiger partial charge in [0.15, 0.2) is 5.65 Å². The van der Waals surface area contributed by atoms with Gasteiger partial charge in [0, 0.05) is 12.7 Å². The van der Waals surface area contributed by atoms with E-state index in [1.807, 2.05) is 0 Å². The number of hydrogen-bond donors (Lipinski definition) is 1. The number of hydrogen-bond acceptors (Lipinski definition) is 4. The van der Waals surface area contributed by atoms with Crippen LogP contribution in [0, 0.1) is 0 Å². The lowest BCUT2D eigenvalue weighted by atomic mass is 9.99. The molecule has 0 aromatic carbocycles. The van der Waals surface area contributed by atoms with Crippen LogP contribution in [-0.4, -0.2) is 48.1 Å². The first-order valence-corrected chi connectivity index (χ1v) is 7.01. The van der Waals surface area contributed by atoms with E-state index in [4.69, 9.17) is 0 Å². The lowest BCUT2D eigenvalue weighted by Crippen LogP contribution is -2.52. The number of carboxylic acids is 1. The highest BCUT2D eigenvalue weighted by atomic mass is 16.4. The number of carbonyl (C=O) groups excluding carboxylic acids is 1. The van der Waals surface area contributed by atoms with E-state index in [0.717, 1.165) is 4.68 Å². The summed E-state index contributed by atoms with van der Waals surface area (Å²) in [6.07, 6.45) is 2.62. The molecule has 0 aliphatic carbocycles. The molecule has 0 bridgehead atoms. The molecule has 116 valence electrons. The van der Waals surface area contributed by atoms with Gasteiger partial charge in [-0.15, -0.1) is 5.10 Å². The van der Waals surface area contributed by atoms with Gasteiger partial charge in [-0.05, 0) is 31.9 Å². The van der Waals surface area contributed by atoms with Crippen molar-refractivity contribution in [3.05, 3.63) is 34.9 Å². The van der Waals surface area contributed by atoms with Crippen LogP contribution in [-0.2, 0) is 16.1 Å². The number of carbonyl (C=O) groups is 2. The zero-order chi connectivity index (χ0) is 15.9. The Labute approximate surface area is 125 Å². The molecule has 2 aromatic rings. The Hall–Kier alpha value is -2.64. The van der Waals surface area contributed by atoms with Gasteiger partial charge in [0.05, 0.1) is 0 Å². The van der Waals surface area contributed by atoms with Gasteiger partial charge >= 0.3 is 11.7 Å². The third-order valence-corrected chi connectivity index (χ3v) is 4.18. The minimum absolute atomic E-state index is 0.261. The van der Waals surface area contributed by atoms with E-state index in [1.54, 1.807) is 24.4 Å². The van der Waals surface area contributed by atoms with E-state index >= 15 is 0 Å². The van der Waals surface area contributed by atoms with Crippen molar-refractivity contribution in [1.29, 1.82) is 0 Å². The average molecular weight is 304 g/mol. The van der Waals surface area contributed by atoms with Crippen LogP contribution in [0.4, 0.5) is 0 Å². The number of rotatable bonds is 3. The van der Waals surface area contributed by atoms with Crippen LogP contribution < -0.4 is 5.69 Å². The smallest absolute Gasteiger partial charge is 0.350 e. The van der Waals surface area contributed by atoms with Crippen LogP contribution in [0.3, 0.4) is 0 Å². The zero-order valence-electron chi connectivity index (χ0n) is 12.1. The molecule has 1 fully saturated rings. The van der Waals surface area contributed by atoms with Crippen molar-refractivity contribution in [3.63, 3.8) is 0 Å². The second-order valence-corrected chi connectivity index (χ2v) is 5.60. The van der Waals surface area contributed by atoms with Gasteiger partial charge in [0.25, 0.3) is 0 Å².